The van der Waals surface area contributed by atoms with Gasteiger partial charge in [-0.1, -0.05) is 0 Å². The van der Waals surface area contributed by atoms with Crippen LogP contribution in [-0.4, -0.2) is 55.3 Å². The molecule has 27 heavy (non-hydrogen) atoms. The zero-order valence-electron chi connectivity index (χ0n) is 15.4. The van der Waals surface area contributed by atoms with Gasteiger partial charge in [0.1, 0.15) is 5.82 Å². The number of hydrogen-bond acceptors (Lipinski definition) is 6. The van der Waals surface area contributed by atoms with E-state index in [0.29, 0.717) is 6.54 Å². The van der Waals surface area contributed by atoms with E-state index in [9.17, 15) is 4.79 Å². The molecule has 0 aliphatic carbocycles. The van der Waals surface area contributed by atoms with E-state index < -0.39 is 0 Å². The van der Waals surface area contributed by atoms with Crippen molar-refractivity contribution in [2.24, 2.45) is 5.92 Å². The molecular formula is C20H25N5O2. The fourth-order valence-electron chi connectivity index (χ4n) is 3.68. The van der Waals surface area contributed by atoms with Gasteiger partial charge in [-0.2, -0.15) is 0 Å². The van der Waals surface area contributed by atoms with E-state index >= 15 is 0 Å². The van der Waals surface area contributed by atoms with Crippen LogP contribution in [0, 0.1) is 5.92 Å². The average molecular weight is 367 g/mol. The highest BCUT2D eigenvalue weighted by Crippen LogP contribution is 2.23. The minimum atomic E-state index is -0.0420. The summed E-state index contributed by atoms with van der Waals surface area (Å²) in [5.41, 5.74) is 2.01. The Labute approximate surface area is 159 Å². The van der Waals surface area contributed by atoms with Crippen LogP contribution < -0.4 is 15.1 Å². The first-order valence-corrected chi connectivity index (χ1v) is 9.54. The molecule has 2 fully saturated rings. The largest absolute Gasteiger partial charge is 0.378 e. The molecule has 0 radical (unpaired) electrons. The number of piperidine rings is 1. The summed E-state index contributed by atoms with van der Waals surface area (Å²) in [6.45, 7) is 4.94. The number of ether oxygens (including phenoxy) is 1. The number of benzene rings is 1. The molecule has 2 aromatic rings. The number of hydrogen-bond donors (Lipinski definition) is 1. The Kier molecular flexibility index (Phi) is 5.48. The van der Waals surface area contributed by atoms with Gasteiger partial charge in [-0.25, -0.2) is 4.98 Å². The van der Waals surface area contributed by atoms with Crippen LogP contribution in [0.4, 0.5) is 17.2 Å². The summed E-state index contributed by atoms with van der Waals surface area (Å²) < 4.78 is 5.39. The van der Waals surface area contributed by atoms with E-state index in [4.69, 9.17) is 4.74 Å². The van der Waals surface area contributed by atoms with Gasteiger partial charge >= 0.3 is 0 Å². The number of carbonyl (C=O) groups excluding carboxylic acids is 1. The van der Waals surface area contributed by atoms with Gasteiger partial charge in [-0.15, -0.1) is 0 Å². The molecule has 2 aliphatic rings. The van der Waals surface area contributed by atoms with Gasteiger partial charge in [0.15, 0.2) is 0 Å². The highest BCUT2D eigenvalue weighted by molar-refractivity contribution is 5.93. The molecule has 4 rings (SSSR count). The zero-order chi connectivity index (χ0) is 18.5. The lowest BCUT2D eigenvalue weighted by Gasteiger charge is -2.32. The molecule has 7 nitrogen and oxygen atoms in total. The maximum atomic E-state index is 12.7. The van der Waals surface area contributed by atoms with Crippen LogP contribution in [0.3, 0.4) is 0 Å². The quantitative estimate of drug-likeness (QED) is 0.893. The Hall–Kier alpha value is -2.67. The average Bonchev–Trinajstić information content (AvgIpc) is 2.75. The Morgan fingerprint density at radius 1 is 1.07 bits per heavy atom. The third-order valence-corrected chi connectivity index (χ3v) is 5.18. The molecule has 1 amide bonds. The third kappa shape index (κ3) is 4.36. The smallest absolute Gasteiger partial charge is 0.229 e. The lowest BCUT2D eigenvalue weighted by molar-refractivity contribution is -0.120. The second-order valence-electron chi connectivity index (χ2n) is 6.98. The van der Waals surface area contributed by atoms with Crippen molar-refractivity contribution in [3.05, 3.63) is 42.9 Å². The van der Waals surface area contributed by atoms with Crippen molar-refractivity contribution in [3.63, 3.8) is 0 Å². The number of anilines is 3. The van der Waals surface area contributed by atoms with Crippen LogP contribution in [-0.2, 0) is 9.53 Å². The molecule has 2 aliphatic heterocycles. The Bertz CT molecular complexity index is 747. The molecule has 0 unspecified atom stereocenters. The highest BCUT2D eigenvalue weighted by atomic mass is 16.5. The van der Waals surface area contributed by atoms with Crippen LogP contribution in [0.15, 0.2) is 42.9 Å². The van der Waals surface area contributed by atoms with E-state index in [0.717, 1.165) is 57.2 Å². The summed E-state index contributed by atoms with van der Waals surface area (Å²) >= 11 is 0. The van der Waals surface area contributed by atoms with Gasteiger partial charge in [0.25, 0.3) is 0 Å². The number of nitrogens with zero attached hydrogens (tertiary/aromatic N) is 4. The minimum absolute atomic E-state index is 0.0420. The van der Waals surface area contributed by atoms with Crippen LogP contribution in [0.1, 0.15) is 12.8 Å². The number of carbonyl (C=O) groups is 1. The summed E-state index contributed by atoms with van der Waals surface area (Å²) in [6, 6.07) is 8.08. The van der Waals surface area contributed by atoms with Crippen molar-refractivity contribution in [2.45, 2.75) is 12.8 Å². The van der Waals surface area contributed by atoms with E-state index in [2.05, 4.69) is 37.2 Å². The van der Waals surface area contributed by atoms with Gasteiger partial charge in [-0.3, -0.25) is 9.78 Å². The number of rotatable bonds is 4. The van der Waals surface area contributed by atoms with E-state index in [1.165, 1.54) is 5.69 Å². The normalized spacial score (nSPS) is 20.4. The summed E-state index contributed by atoms with van der Waals surface area (Å²) in [5.74, 6) is 0.868. The van der Waals surface area contributed by atoms with E-state index in [1.54, 1.807) is 18.6 Å². The molecule has 3 heterocycles. The van der Waals surface area contributed by atoms with Gasteiger partial charge in [-0.05, 0) is 37.1 Å². The van der Waals surface area contributed by atoms with Crippen LogP contribution in [0.5, 0.6) is 0 Å². The van der Waals surface area contributed by atoms with Crippen molar-refractivity contribution in [1.29, 1.82) is 0 Å². The molecular weight excluding hydrogens is 342 g/mol. The second-order valence-corrected chi connectivity index (χ2v) is 6.98. The zero-order valence-corrected chi connectivity index (χ0v) is 15.4. The molecule has 1 N–H and O–H groups in total. The third-order valence-electron chi connectivity index (χ3n) is 5.18. The molecule has 1 aromatic carbocycles. The summed E-state index contributed by atoms with van der Waals surface area (Å²) in [5, 5.41) is 3.07. The molecule has 142 valence electrons. The minimum Gasteiger partial charge on any atom is -0.378 e. The Morgan fingerprint density at radius 2 is 1.89 bits per heavy atom. The Balaban J connectivity index is 1.35. The van der Waals surface area contributed by atoms with Crippen LogP contribution >= 0.6 is 0 Å². The lowest BCUT2D eigenvalue weighted by atomic mass is 9.97. The molecule has 0 saturated carbocycles. The van der Waals surface area contributed by atoms with Crippen molar-refractivity contribution in [2.75, 3.05) is 54.5 Å². The molecule has 0 spiro atoms. The molecule has 1 atom stereocenters. The molecule has 1 aromatic heterocycles. The molecule has 0 bridgehead atoms. The molecule has 7 heteroatoms. The first kappa shape index (κ1) is 17.7. The van der Waals surface area contributed by atoms with Gasteiger partial charge in [0.2, 0.25) is 5.91 Å². The summed E-state index contributed by atoms with van der Waals surface area (Å²) in [7, 11) is 0. The standard InChI is InChI=1S/C20H25N5O2/c26-20(16-2-1-9-25(15-16)19-14-21-7-8-22-19)23-17-3-5-18(6-4-17)24-10-12-27-13-11-24/h3-8,14,16H,1-2,9-13,15H2,(H,23,26)/t16-/m0/s1. The van der Waals surface area contributed by atoms with Gasteiger partial charge in [0.05, 0.1) is 25.3 Å². The van der Waals surface area contributed by atoms with Crippen molar-refractivity contribution in [3.8, 4) is 0 Å². The number of amides is 1. The van der Waals surface area contributed by atoms with Crippen LogP contribution in [0.25, 0.3) is 0 Å². The Morgan fingerprint density at radius 3 is 2.63 bits per heavy atom. The first-order chi connectivity index (χ1) is 13.3. The fourth-order valence-corrected chi connectivity index (χ4v) is 3.68. The molecule has 2 saturated heterocycles. The van der Waals surface area contributed by atoms with Crippen molar-refractivity contribution < 1.29 is 9.53 Å². The predicted octanol–water partition coefficient (Wildman–Crippen LogP) is 2.17. The maximum absolute atomic E-state index is 12.7. The van der Waals surface area contributed by atoms with E-state index in [1.807, 2.05) is 12.1 Å². The van der Waals surface area contributed by atoms with Crippen molar-refractivity contribution in [1.82, 2.24) is 9.97 Å². The fraction of sp³-hybridized carbons (Fsp3) is 0.450. The summed E-state index contributed by atoms with van der Waals surface area (Å²) in [4.78, 5) is 25.7. The van der Waals surface area contributed by atoms with Gasteiger partial charge in [0, 0.05) is 49.9 Å². The number of morpholine rings is 1. The predicted molar refractivity (Wildman–Crippen MR) is 105 cm³/mol. The van der Waals surface area contributed by atoms with E-state index in [-0.39, 0.29) is 11.8 Å². The monoisotopic (exact) mass is 367 g/mol. The lowest BCUT2D eigenvalue weighted by Crippen LogP contribution is -2.41. The second kappa shape index (κ2) is 8.35. The number of aromatic nitrogens is 2. The highest BCUT2D eigenvalue weighted by Gasteiger charge is 2.26. The number of nitrogens with one attached hydrogen (secondary N) is 1. The maximum Gasteiger partial charge on any atom is 0.229 e. The van der Waals surface area contributed by atoms with Gasteiger partial charge < -0.3 is 19.9 Å². The topological polar surface area (TPSA) is 70.6 Å². The van der Waals surface area contributed by atoms with Crippen molar-refractivity contribution >= 4 is 23.1 Å². The SMILES string of the molecule is O=C(Nc1ccc(N2CCOCC2)cc1)[C@H]1CCCN(c2cnccn2)C1. The first-order valence-electron chi connectivity index (χ1n) is 9.54. The summed E-state index contributed by atoms with van der Waals surface area (Å²) in [6.07, 6.45) is 6.98. The van der Waals surface area contributed by atoms with Crippen LogP contribution in [0.2, 0.25) is 0 Å².